The van der Waals surface area contributed by atoms with Gasteiger partial charge in [-0.25, -0.2) is 4.79 Å². The summed E-state index contributed by atoms with van der Waals surface area (Å²) in [5.41, 5.74) is 0. The van der Waals surface area contributed by atoms with Crippen LogP contribution in [0.2, 0.25) is 0 Å². The molecule has 0 aromatic heterocycles. The highest BCUT2D eigenvalue weighted by atomic mass is 35.6. The summed E-state index contributed by atoms with van der Waals surface area (Å²) < 4.78 is 7.23. The summed E-state index contributed by atoms with van der Waals surface area (Å²) >= 11 is 16.3. The van der Waals surface area contributed by atoms with E-state index in [4.69, 9.17) is 34.8 Å². The van der Waals surface area contributed by atoms with Crippen LogP contribution in [0.1, 0.15) is 0 Å². The predicted octanol–water partition coefficient (Wildman–Crippen LogP) is 1.69. The van der Waals surface area contributed by atoms with E-state index < -0.39 is 16.1 Å². The van der Waals surface area contributed by atoms with E-state index in [1.165, 1.54) is 14.2 Å². The van der Waals surface area contributed by atoms with Gasteiger partial charge in [-0.05, 0) is 0 Å². The van der Waals surface area contributed by atoms with Gasteiger partial charge in [0.05, 0.1) is 7.11 Å². The highest BCUT2D eigenvalue weighted by Crippen LogP contribution is 2.30. The fourth-order valence-electron chi connectivity index (χ4n) is 0.440. The number of amides is 1. The smallest absolute Gasteiger partial charge is 0.409 e. The number of ether oxygens (including phenoxy) is 2. The highest BCUT2D eigenvalue weighted by molar-refractivity contribution is 6.68. The van der Waals surface area contributed by atoms with Gasteiger partial charge in [-0.15, -0.1) is 0 Å². The topological polar surface area (TPSA) is 47.6 Å². The van der Waals surface area contributed by atoms with Gasteiger partial charge in [0.15, 0.2) is 6.23 Å². The van der Waals surface area contributed by atoms with Crippen molar-refractivity contribution >= 4 is 40.9 Å². The van der Waals surface area contributed by atoms with Gasteiger partial charge in [-0.1, -0.05) is 34.8 Å². The molecule has 72 valence electrons. The molecule has 0 aromatic carbocycles. The molecule has 12 heavy (non-hydrogen) atoms. The monoisotopic (exact) mass is 235 g/mol. The molecule has 0 saturated heterocycles. The molecule has 1 amide bonds. The Morgan fingerprint density at radius 3 is 2.17 bits per heavy atom. The maximum Gasteiger partial charge on any atom is 0.409 e. The van der Waals surface area contributed by atoms with Gasteiger partial charge in [-0.3, -0.25) is 5.32 Å². The van der Waals surface area contributed by atoms with Crippen molar-refractivity contribution in [3.8, 4) is 0 Å². The molecule has 0 radical (unpaired) electrons. The zero-order valence-electron chi connectivity index (χ0n) is 6.44. The predicted molar refractivity (Wildman–Crippen MR) is 46.6 cm³/mol. The van der Waals surface area contributed by atoms with Gasteiger partial charge in [0.2, 0.25) is 3.79 Å². The van der Waals surface area contributed by atoms with Gasteiger partial charge >= 0.3 is 6.09 Å². The fourth-order valence-corrected chi connectivity index (χ4v) is 0.871. The number of rotatable bonds is 2. The van der Waals surface area contributed by atoms with Crippen LogP contribution >= 0.6 is 34.8 Å². The van der Waals surface area contributed by atoms with E-state index in [-0.39, 0.29) is 0 Å². The lowest BCUT2D eigenvalue weighted by molar-refractivity contribution is 0.0698. The third-order valence-electron chi connectivity index (χ3n) is 0.967. The molecule has 0 aliphatic heterocycles. The molecule has 0 aromatic rings. The van der Waals surface area contributed by atoms with Crippen molar-refractivity contribution in [1.82, 2.24) is 5.32 Å². The quantitative estimate of drug-likeness (QED) is 0.586. The van der Waals surface area contributed by atoms with Gasteiger partial charge in [0.25, 0.3) is 0 Å². The van der Waals surface area contributed by atoms with Crippen LogP contribution in [0.4, 0.5) is 4.79 Å². The number of hydrogen-bond donors (Lipinski definition) is 1. The normalized spacial score (nSPS) is 13.8. The minimum Gasteiger partial charge on any atom is -0.453 e. The molecule has 0 aliphatic rings. The first-order chi connectivity index (χ1) is 5.41. The van der Waals surface area contributed by atoms with Crippen molar-refractivity contribution in [1.29, 1.82) is 0 Å². The van der Waals surface area contributed by atoms with Gasteiger partial charge in [0, 0.05) is 7.11 Å². The lowest BCUT2D eigenvalue weighted by Gasteiger charge is -2.22. The van der Waals surface area contributed by atoms with Crippen molar-refractivity contribution in [2.24, 2.45) is 0 Å². The second-order valence-electron chi connectivity index (χ2n) is 1.79. The molecule has 0 aliphatic carbocycles. The van der Waals surface area contributed by atoms with Gasteiger partial charge < -0.3 is 9.47 Å². The second kappa shape index (κ2) is 4.97. The highest BCUT2D eigenvalue weighted by Gasteiger charge is 2.34. The van der Waals surface area contributed by atoms with Crippen LogP contribution in [0.25, 0.3) is 0 Å². The Balaban J connectivity index is 4.09. The zero-order valence-corrected chi connectivity index (χ0v) is 8.70. The molecular formula is C5H8Cl3NO3. The number of carbonyl (C=O) groups is 1. The van der Waals surface area contributed by atoms with Crippen LogP contribution in [0.15, 0.2) is 0 Å². The van der Waals surface area contributed by atoms with Crippen molar-refractivity contribution in [3.63, 3.8) is 0 Å². The molecular weight excluding hydrogens is 228 g/mol. The minimum absolute atomic E-state index is 0.729. The second-order valence-corrected chi connectivity index (χ2v) is 4.16. The Morgan fingerprint density at radius 2 is 1.92 bits per heavy atom. The standard InChI is InChI=1S/C5H8Cl3NO3/c1-11-3(5(6,7)8)9-4(10)12-2/h3H,1-2H3,(H,9,10). The molecule has 1 atom stereocenters. The molecule has 0 spiro atoms. The van der Waals surface area contributed by atoms with Crippen LogP contribution in [0.3, 0.4) is 0 Å². The van der Waals surface area contributed by atoms with Crippen LogP contribution in [-0.2, 0) is 9.47 Å². The Morgan fingerprint density at radius 1 is 1.42 bits per heavy atom. The summed E-state index contributed by atoms with van der Waals surface area (Å²) in [6.07, 6.45) is -1.76. The number of methoxy groups -OCH3 is 2. The maximum absolute atomic E-state index is 10.6. The van der Waals surface area contributed by atoms with Crippen molar-refractivity contribution < 1.29 is 14.3 Å². The van der Waals surface area contributed by atoms with Crippen molar-refractivity contribution in [2.45, 2.75) is 10.0 Å². The molecule has 0 bridgehead atoms. The van der Waals surface area contributed by atoms with E-state index in [9.17, 15) is 4.79 Å². The third kappa shape index (κ3) is 4.21. The summed E-state index contributed by atoms with van der Waals surface area (Å²) in [5, 5.41) is 2.18. The molecule has 1 unspecified atom stereocenters. The molecule has 0 fully saturated rings. The average Bonchev–Trinajstić information content (AvgIpc) is 1.97. The maximum atomic E-state index is 10.6. The largest absolute Gasteiger partial charge is 0.453 e. The molecule has 7 heteroatoms. The molecule has 0 saturated carbocycles. The van der Waals surface area contributed by atoms with E-state index in [1.807, 2.05) is 0 Å². The van der Waals surface area contributed by atoms with Crippen molar-refractivity contribution in [3.05, 3.63) is 0 Å². The van der Waals surface area contributed by atoms with Crippen LogP contribution < -0.4 is 5.32 Å². The molecule has 1 N–H and O–H groups in total. The number of hydrogen-bond acceptors (Lipinski definition) is 3. The Kier molecular flexibility index (Phi) is 5.01. The first-order valence-electron chi connectivity index (χ1n) is 2.85. The van der Waals surface area contributed by atoms with Crippen molar-refractivity contribution in [2.75, 3.05) is 14.2 Å². The first-order valence-corrected chi connectivity index (χ1v) is 3.99. The molecule has 0 heterocycles. The van der Waals surface area contributed by atoms with E-state index in [0.29, 0.717) is 0 Å². The zero-order chi connectivity index (χ0) is 9.78. The number of halogens is 3. The van der Waals surface area contributed by atoms with E-state index in [1.54, 1.807) is 0 Å². The van der Waals surface area contributed by atoms with E-state index >= 15 is 0 Å². The van der Waals surface area contributed by atoms with Crippen LogP contribution in [-0.4, -0.2) is 30.3 Å². The van der Waals surface area contributed by atoms with Gasteiger partial charge in [-0.2, -0.15) is 0 Å². The summed E-state index contributed by atoms with van der Waals surface area (Å²) in [6, 6.07) is 0. The fraction of sp³-hybridized carbons (Fsp3) is 0.800. The number of nitrogens with one attached hydrogen (secondary N) is 1. The Bertz CT molecular complexity index is 159. The Labute approximate surface area is 85.0 Å². The average molecular weight is 236 g/mol. The lowest BCUT2D eigenvalue weighted by atomic mass is 10.6. The van der Waals surface area contributed by atoms with Gasteiger partial charge in [0.1, 0.15) is 0 Å². The molecule has 4 nitrogen and oxygen atoms in total. The number of carbonyl (C=O) groups excluding carboxylic acids is 1. The summed E-state index contributed by atoms with van der Waals surface area (Å²) in [4.78, 5) is 10.6. The molecule has 0 rings (SSSR count). The number of alkyl carbamates (subject to hydrolysis) is 1. The summed E-state index contributed by atoms with van der Waals surface area (Å²) in [6.45, 7) is 0. The Hall–Kier alpha value is 0.1000. The van der Waals surface area contributed by atoms with E-state index in [0.717, 1.165) is 0 Å². The van der Waals surface area contributed by atoms with Crippen LogP contribution in [0, 0.1) is 0 Å². The lowest BCUT2D eigenvalue weighted by Crippen LogP contribution is -2.44. The SMILES string of the molecule is COC(=O)NC(OC)C(Cl)(Cl)Cl. The minimum atomic E-state index is -1.72. The summed E-state index contributed by atoms with van der Waals surface area (Å²) in [7, 11) is 2.49. The third-order valence-corrected chi connectivity index (χ3v) is 1.56. The van der Waals surface area contributed by atoms with E-state index in [2.05, 4.69) is 14.8 Å². The first kappa shape index (κ1) is 12.1. The van der Waals surface area contributed by atoms with Crippen LogP contribution in [0.5, 0.6) is 0 Å². The summed E-state index contributed by atoms with van der Waals surface area (Å²) in [5.74, 6) is 0. The number of alkyl halides is 3.